The number of para-hydroxylation sites is 2. The van der Waals surface area contributed by atoms with E-state index >= 15 is 0 Å². The quantitative estimate of drug-likeness (QED) is 0.654. The van der Waals surface area contributed by atoms with E-state index in [1.54, 1.807) is 0 Å². The molecule has 0 aromatic heterocycles. The van der Waals surface area contributed by atoms with Gasteiger partial charge in [0.2, 0.25) is 0 Å². The first-order valence-electron chi connectivity index (χ1n) is 6.75. The maximum absolute atomic E-state index is 12.0. The van der Waals surface area contributed by atoms with Crippen LogP contribution in [0.15, 0.2) is 24.3 Å². The molecule has 0 aliphatic carbocycles. The van der Waals surface area contributed by atoms with Crippen molar-refractivity contribution in [3.63, 3.8) is 0 Å². The maximum atomic E-state index is 12.0. The number of nitrogens with zero attached hydrogens (tertiary/aromatic N) is 1. The van der Waals surface area contributed by atoms with E-state index in [4.69, 9.17) is 4.74 Å². The molecule has 1 fully saturated rings. The second-order valence-corrected chi connectivity index (χ2v) is 5.84. The monoisotopic (exact) mass is 262 g/mol. The number of nitrogens with one attached hydrogen (secondary N) is 1. The Hall–Kier alpha value is -1.55. The molecule has 1 heterocycles. The molecule has 0 bridgehead atoms. The maximum Gasteiger partial charge on any atom is 0.316 e. The second kappa shape index (κ2) is 5.61. The molecule has 4 nitrogen and oxygen atoms in total. The fourth-order valence-corrected chi connectivity index (χ4v) is 1.96. The summed E-state index contributed by atoms with van der Waals surface area (Å²) in [6.45, 7) is 9.38. The summed E-state index contributed by atoms with van der Waals surface area (Å²) in [5.74, 6) is 0.458. The lowest BCUT2D eigenvalue weighted by molar-refractivity contribution is -0.142. The SMILES string of the molecule is CC(C)(C)C(=O)Oc1ccccc1N1CCNCC1. The van der Waals surface area contributed by atoms with Gasteiger partial charge in [-0.05, 0) is 32.9 Å². The average molecular weight is 262 g/mol. The molecule has 104 valence electrons. The van der Waals surface area contributed by atoms with Crippen molar-refractivity contribution < 1.29 is 9.53 Å². The van der Waals surface area contributed by atoms with Crippen LogP contribution in [0.5, 0.6) is 5.75 Å². The molecule has 0 radical (unpaired) electrons. The third kappa shape index (κ3) is 3.47. The molecule has 0 unspecified atom stereocenters. The van der Waals surface area contributed by atoms with Gasteiger partial charge in [-0.25, -0.2) is 0 Å². The molecule has 0 saturated carbocycles. The van der Waals surface area contributed by atoms with Crippen molar-refractivity contribution in [2.75, 3.05) is 31.1 Å². The van der Waals surface area contributed by atoms with Gasteiger partial charge in [0.15, 0.2) is 5.75 Å². The Balaban J connectivity index is 2.18. The Bertz CT molecular complexity index is 446. The van der Waals surface area contributed by atoms with Crippen molar-refractivity contribution in [2.24, 2.45) is 5.41 Å². The molecule has 2 rings (SSSR count). The predicted molar refractivity (Wildman–Crippen MR) is 76.6 cm³/mol. The molecular formula is C15H22N2O2. The van der Waals surface area contributed by atoms with E-state index < -0.39 is 5.41 Å². The minimum absolute atomic E-state index is 0.199. The zero-order valence-corrected chi connectivity index (χ0v) is 11.9. The van der Waals surface area contributed by atoms with E-state index in [1.807, 2.05) is 45.0 Å². The summed E-state index contributed by atoms with van der Waals surface area (Å²) in [6, 6.07) is 7.75. The number of hydrogen-bond donors (Lipinski definition) is 1. The van der Waals surface area contributed by atoms with Crippen LogP contribution in [-0.4, -0.2) is 32.1 Å². The van der Waals surface area contributed by atoms with Crippen LogP contribution in [0.2, 0.25) is 0 Å². The first-order valence-corrected chi connectivity index (χ1v) is 6.75. The smallest absolute Gasteiger partial charge is 0.316 e. The first kappa shape index (κ1) is 13.9. The summed E-state index contributed by atoms with van der Waals surface area (Å²) in [5, 5.41) is 3.32. The molecule has 1 saturated heterocycles. The van der Waals surface area contributed by atoms with Gasteiger partial charge in [-0.3, -0.25) is 4.79 Å². The van der Waals surface area contributed by atoms with Crippen molar-refractivity contribution in [1.82, 2.24) is 5.32 Å². The lowest BCUT2D eigenvalue weighted by Gasteiger charge is -2.31. The zero-order valence-electron chi connectivity index (χ0n) is 11.9. The topological polar surface area (TPSA) is 41.6 Å². The Labute approximate surface area is 114 Å². The zero-order chi connectivity index (χ0) is 13.9. The van der Waals surface area contributed by atoms with Gasteiger partial charge in [0.25, 0.3) is 0 Å². The molecule has 4 heteroatoms. The highest BCUT2D eigenvalue weighted by Crippen LogP contribution is 2.30. The van der Waals surface area contributed by atoms with Gasteiger partial charge in [0.05, 0.1) is 11.1 Å². The Morgan fingerprint density at radius 3 is 2.47 bits per heavy atom. The minimum Gasteiger partial charge on any atom is -0.424 e. The summed E-state index contributed by atoms with van der Waals surface area (Å²) in [6.07, 6.45) is 0. The van der Waals surface area contributed by atoms with Gasteiger partial charge in [-0.2, -0.15) is 0 Å². The summed E-state index contributed by atoms with van der Waals surface area (Å²) in [5.41, 5.74) is 0.512. The van der Waals surface area contributed by atoms with Crippen LogP contribution in [-0.2, 0) is 4.79 Å². The van der Waals surface area contributed by atoms with Crippen molar-refractivity contribution in [2.45, 2.75) is 20.8 Å². The number of rotatable bonds is 2. The Morgan fingerprint density at radius 2 is 1.84 bits per heavy atom. The Morgan fingerprint density at radius 1 is 1.21 bits per heavy atom. The van der Waals surface area contributed by atoms with Crippen LogP contribution < -0.4 is 15.0 Å². The van der Waals surface area contributed by atoms with Crippen LogP contribution in [0.25, 0.3) is 0 Å². The van der Waals surface area contributed by atoms with Crippen molar-refractivity contribution in [3.05, 3.63) is 24.3 Å². The van der Waals surface area contributed by atoms with Crippen molar-refractivity contribution in [3.8, 4) is 5.75 Å². The molecule has 0 amide bonds. The summed E-state index contributed by atoms with van der Waals surface area (Å²) < 4.78 is 5.56. The number of esters is 1. The largest absolute Gasteiger partial charge is 0.424 e. The molecule has 19 heavy (non-hydrogen) atoms. The molecule has 1 aromatic rings. The summed E-state index contributed by atoms with van der Waals surface area (Å²) >= 11 is 0. The molecule has 1 aliphatic rings. The highest BCUT2D eigenvalue weighted by atomic mass is 16.5. The lowest BCUT2D eigenvalue weighted by Crippen LogP contribution is -2.43. The van der Waals surface area contributed by atoms with Crippen LogP contribution in [0.1, 0.15) is 20.8 Å². The second-order valence-electron chi connectivity index (χ2n) is 5.84. The predicted octanol–water partition coefficient (Wildman–Crippen LogP) is 2.05. The van der Waals surface area contributed by atoms with E-state index in [0.717, 1.165) is 31.9 Å². The molecule has 1 N–H and O–H groups in total. The number of hydrogen-bond acceptors (Lipinski definition) is 4. The van der Waals surface area contributed by atoms with Crippen LogP contribution in [0.4, 0.5) is 5.69 Å². The normalized spacial score (nSPS) is 16.3. The van der Waals surface area contributed by atoms with E-state index in [0.29, 0.717) is 5.75 Å². The number of ether oxygens (including phenoxy) is 1. The summed E-state index contributed by atoms with van der Waals surface area (Å²) in [7, 11) is 0. The molecule has 0 spiro atoms. The van der Waals surface area contributed by atoms with Gasteiger partial charge in [0, 0.05) is 26.2 Å². The van der Waals surface area contributed by atoms with Gasteiger partial charge in [-0.15, -0.1) is 0 Å². The van der Waals surface area contributed by atoms with Crippen molar-refractivity contribution in [1.29, 1.82) is 0 Å². The van der Waals surface area contributed by atoms with Crippen LogP contribution in [0, 0.1) is 5.41 Å². The van der Waals surface area contributed by atoms with Gasteiger partial charge >= 0.3 is 5.97 Å². The number of benzene rings is 1. The number of piperazine rings is 1. The number of anilines is 1. The van der Waals surface area contributed by atoms with Gasteiger partial charge < -0.3 is 15.0 Å². The fourth-order valence-electron chi connectivity index (χ4n) is 1.96. The summed E-state index contributed by atoms with van der Waals surface area (Å²) in [4.78, 5) is 14.3. The lowest BCUT2D eigenvalue weighted by atomic mass is 9.97. The first-order chi connectivity index (χ1) is 8.98. The highest BCUT2D eigenvalue weighted by Gasteiger charge is 2.25. The standard InChI is InChI=1S/C15H22N2O2/c1-15(2,3)14(18)19-13-7-5-4-6-12(13)17-10-8-16-9-11-17/h4-7,16H,8-11H2,1-3H3. The molecular weight excluding hydrogens is 240 g/mol. The van der Waals surface area contributed by atoms with Gasteiger partial charge in [-0.1, -0.05) is 12.1 Å². The Kier molecular flexibility index (Phi) is 4.10. The minimum atomic E-state index is -0.490. The van der Waals surface area contributed by atoms with Gasteiger partial charge in [0.1, 0.15) is 0 Å². The van der Waals surface area contributed by atoms with Crippen LogP contribution >= 0.6 is 0 Å². The van der Waals surface area contributed by atoms with E-state index in [2.05, 4.69) is 10.2 Å². The number of carbonyl (C=O) groups excluding carboxylic acids is 1. The van der Waals surface area contributed by atoms with Crippen LogP contribution in [0.3, 0.4) is 0 Å². The van der Waals surface area contributed by atoms with Crippen molar-refractivity contribution >= 4 is 11.7 Å². The van der Waals surface area contributed by atoms with E-state index in [9.17, 15) is 4.79 Å². The van der Waals surface area contributed by atoms with E-state index in [1.165, 1.54) is 0 Å². The third-order valence-electron chi connectivity index (χ3n) is 3.14. The molecule has 0 atom stereocenters. The molecule has 1 aliphatic heterocycles. The fraction of sp³-hybridized carbons (Fsp3) is 0.533. The highest BCUT2D eigenvalue weighted by molar-refractivity contribution is 5.79. The van der Waals surface area contributed by atoms with E-state index in [-0.39, 0.29) is 5.97 Å². The average Bonchev–Trinajstić information content (AvgIpc) is 2.39. The number of carbonyl (C=O) groups is 1. The third-order valence-corrected chi connectivity index (χ3v) is 3.14. The molecule has 1 aromatic carbocycles.